The van der Waals surface area contributed by atoms with Gasteiger partial charge in [-0.05, 0) is 52.9 Å². The SMILES string of the molecule is Nc1ccc(F)c(F)c1NC(=O)c1cc(I)ccc1O. The smallest absolute Gasteiger partial charge is 0.259 e. The number of hydrogen-bond acceptors (Lipinski definition) is 3. The summed E-state index contributed by atoms with van der Waals surface area (Å²) >= 11 is 1.96. The maximum absolute atomic E-state index is 13.6. The molecule has 2 aromatic rings. The second-order valence-corrected chi connectivity index (χ2v) is 5.19. The summed E-state index contributed by atoms with van der Waals surface area (Å²) in [6.45, 7) is 0. The first-order valence-electron chi connectivity index (χ1n) is 5.43. The lowest BCUT2D eigenvalue weighted by Gasteiger charge is -2.10. The van der Waals surface area contributed by atoms with Crippen molar-refractivity contribution >= 4 is 39.9 Å². The van der Waals surface area contributed by atoms with Crippen molar-refractivity contribution in [2.24, 2.45) is 0 Å². The molecule has 0 atom stereocenters. The molecule has 0 radical (unpaired) electrons. The zero-order valence-corrected chi connectivity index (χ0v) is 12.1. The van der Waals surface area contributed by atoms with Crippen LogP contribution in [0.15, 0.2) is 30.3 Å². The van der Waals surface area contributed by atoms with Gasteiger partial charge in [-0.2, -0.15) is 0 Å². The molecule has 0 fully saturated rings. The molecule has 104 valence electrons. The molecular formula is C13H9F2IN2O2. The molecule has 2 aromatic carbocycles. The number of carbonyl (C=O) groups excluding carboxylic acids is 1. The molecule has 0 saturated carbocycles. The van der Waals surface area contributed by atoms with Crippen molar-refractivity contribution in [3.63, 3.8) is 0 Å². The third kappa shape index (κ3) is 2.82. The van der Waals surface area contributed by atoms with Gasteiger partial charge in [0.2, 0.25) is 0 Å². The second kappa shape index (κ2) is 5.61. The minimum atomic E-state index is -1.25. The minimum Gasteiger partial charge on any atom is -0.507 e. The maximum atomic E-state index is 13.6. The van der Waals surface area contributed by atoms with Crippen LogP contribution in [0.2, 0.25) is 0 Å². The van der Waals surface area contributed by atoms with Crippen LogP contribution in [0.5, 0.6) is 5.75 Å². The lowest BCUT2D eigenvalue weighted by molar-refractivity contribution is 0.102. The molecule has 0 aromatic heterocycles. The van der Waals surface area contributed by atoms with Gasteiger partial charge >= 0.3 is 0 Å². The van der Waals surface area contributed by atoms with Crippen molar-refractivity contribution in [1.29, 1.82) is 0 Å². The van der Waals surface area contributed by atoms with Crippen LogP contribution in [0.25, 0.3) is 0 Å². The first-order chi connectivity index (χ1) is 9.40. The van der Waals surface area contributed by atoms with E-state index in [9.17, 15) is 18.7 Å². The fourth-order valence-electron chi connectivity index (χ4n) is 1.56. The van der Waals surface area contributed by atoms with Gasteiger partial charge in [0.15, 0.2) is 11.6 Å². The first kappa shape index (κ1) is 14.5. The third-order valence-corrected chi connectivity index (χ3v) is 3.24. The summed E-state index contributed by atoms with van der Waals surface area (Å²) in [5, 5.41) is 11.8. The number of amides is 1. The Morgan fingerprint density at radius 3 is 2.65 bits per heavy atom. The molecule has 0 aliphatic carbocycles. The van der Waals surface area contributed by atoms with Gasteiger partial charge in [-0.1, -0.05) is 0 Å². The molecule has 1 amide bonds. The molecule has 0 aliphatic heterocycles. The Balaban J connectivity index is 2.38. The number of nitrogen functional groups attached to an aromatic ring is 1. The van der Waals surface area contributed by atoms with E-state index in [1.807, 2.05) is 22.6 Å². The molecular weight excluding hydrogens is 381 g/mol. The number of aromatic hydroxyl groups is 1. The number of carbonyl (C=O) groups is 1. The summed E-state index contributed by atoms with van der Waals surface area (Å²) in [6.07, 6.45) is 0. The van der Waals surface area contributed by atoms with Crippen molar-refractivity contribution in [3.05, 3.63) is 51.1 Å². The quantitative estimate of drug-likeness (QED) is 0.545. The van der Waals surface area contributed by atoms with Crippen molar-refractivity contribution in [2.75, 3.05) is 11.1 Å². The fourth-order valence-corrected chi connectivity index (χ4v) is 2.05. The number of rotatable bonds is 2. The fraction of sp³-hybridized carbons (Fsp3) is 0. The van der Waals surface area contributed by atoms with Crippen molar-refractivity contribution in [1.82, 2.24) is 0 Å². The van der Waals surface area contributed by atoms with E-state index in [2.05, 4.69) is 5.32 Å². The first-order valence-corrected chi connectivity index (χ1v) is 6.51. The Hall–Kier alpha value is -1.90. The van der Waals surface area contributed by atoms with E-state index < -0.39 is 23.2 Å². The van der Waals surface area contributed by atoms with Crippen molar-refractivity contribution in [3.8, 4) is 5.75 Å². The van der Waals surface area contributed by atoms with Gasteiger partial charge in [-0.3, -0.25) is 4.79 Å². The number of phenolic OH excluding ortho intramolecular Hbond substituents is 1. The van der Waals surface area contributed by atoms with Crippen LogP contribution in [0.4, 0.5) is 20.2 Å². The monoisotopic (exact) mass is 390 g/mol. The van der Waals surface area contributed by atoms with E-state index in [-0.39, 0.29) is 17.0 Å². The molecule has 0 unspecified atom stereocenters. The largest absolute Gasteiger partial charge is 0.507 e. The predicted octanol–water partition coefficient (Wildman–Crippen LogP) is 3.11. The average Bonchev–Trinajstić information content (AvgIpc) is 2.41. The number of anilines is 2. The Bertz CT molecular complexity index is 692. The number of nitrogens with two attached hydrogens (primary N) is 1. The lowest BCUT2D eigenvalue weighted by atomic mass is 10.1. The van der Waals surface area contributed by atoms with Gasteiger partial charge in [-0.15, -0.1) is 0 Å². The van der Waals surface area contributed by atoms with Crippen LogP contribution >= 0.6 is 22.6 Å². The molecule has 0 bridgehead atoms. The van der Waals surface area contributed by atoms with E-state index in [0.717, 1.165) is 12.1 Å². The summed E-state index contributed by atoms with van der Waals surface area (Å²) in [5.74, 6) is -3.42. The van der Waals surface area contributed by atoms with Gasteiger partial charge in [-0.25, -0.2) is 8.78 Å². The molecule has 0 heterocycles. The molecule has 20 heavy (non-hydrogen) atoms. The molecule has 7 heteroatoms. The zero-order valence-electron chi connectivity index (χ0n) is 9.95. The summed E-state index contributed by atoms with van der Waals surface area (Å²) in [4.78, 5) is 12.0. The number of halogens is 3. The average molecular weight is 390 g/mol. The number of hydrogen-bond donors (Lipinski definition) is 3. The van der Waals surface area contributed by atoms with E-state index >= 15 is 0 Å². The molecule has 0 saturated heterocycles. The number of phenols is 1. The minimum absolute atomic E-state index is 0.0556. The molecule has 0 aliphatic rings. The predicted molar refractivity (Wildman–Crippen MR) is 79.5 cm³/mol. The molecule has 4 nitrogen and oxygen atoms in total. The highest BCUT2D eigenvalue weighted by atomic mass is 127. The van der Waals surface area contributed by atoms with Crippen LogP contribution in [0.3, 0.4) is 0 Å². The van der Waals surface area contributed by atoms with Crippen LogP contribution in [0.1, 0.15) is 10.4 Å². The van der Waals surface area contributed by atoms with Crippen LogP contribution < -0.4 is 11.1 Å². The zero-order chi connectivity index (χ0) is 14.9. The Morgan fingerprint density at radius 2 is 1.95 bits per heavy atom. The molecule has 2 rings (SSSR count). The highest BCUT2D eigenvalue weighted by Gasteiger charge is 2.17. The number of nitrogens with one attached hydrogen (secondary N) is 1. The summed E-state index contributed by atoms with van der Waals surface area (Å²) in [7, 11) is 0. The van der Waals surface area contributed by atoms with Gasteiger partial charge in [0.05, 0.1) is 11.3 Å². The van der Waals surface area contributed by atoms with Gasteiger partial charge in [0.25, 0.3) is 5.91 Å². The summed E-state index contributed by atoms with van der Waals surface area (Å²) in [5.41, 5.74) is 4.88. The summed E-state index contributed by atoms with van der Waals surface area (Å²) in [6, 6.07) is 6.36. The van der Waals surface area contributed by atoms with Crippen LogP contribution in [-0.4, -0.2) is 11.0 Å². The van der Waals surface area contributed by atoms with E-state index in [1.165, 1.54) is 12.1 Å². The lowest BCUT2D eigenvalue weighted by Crippen LogP contribution is -2.15. The normalized spacial score (nSPS) is 10.3. The topological polar surface area (TPSA) is 75.3 Å². The van der Waals surface area contributed by atoms with Crippen LogP contribution in [-0.2, 0) is 0 Å². The van der Waals surface area contributed by atoms with Gasteiger partial charge < -0.3 is 16.2 Å². The van der Waals surface area contributed by atoms with Crippen LogP contribution in [0, 0.1) is 15.2 Å². The highest BCUT2D eigenvalue weighted by molar-refractivity contribution is 14.1. The maximum Gasteiger partial charge on any atom is 0.259 e. The highest BCUT2D eigenvalue weighted by Crippen LogP contribution is 2.27. The Labute approximate surface area is 126 Å². The molecule has 4 N–H and O–H groups in total. The van der Waals surface area contributed by atoms with E-state index in [1.54, 1.807) is 6.07 Å². The van der Waals surface area contributed by atoms with E-state index in [0.29, 0.717) is 3.57 Å². The standard InChI is InChI=1S/C13H9F2IN2O2/c14-8-2-3-9(17)12(11(8)15)18-13(20)7-5-6(16)1-4-10(7)19/h1-5,19H,17H2,(H,18,20). The second-order valence-electron chi connectivity index (χ2n) is 3.94. The Kier molecular flexibility index (Phi) is 4.07. The third-order valence-electron chi connectivity index (χ3n) is 2.57. The summed E-state index contributed by atoms with van der Waals surface area (Å²) < 4.78 is 27.4. The molecule has 0 spiro atoms. The van der Waals surface area contributed by atoms with Crippen molar-refractivity contribution in [2.45, 2.75) is 0 Å². The van der Waals surface area contributed by atoms with Gasteiger partial charge in [0, 0.05) is 3.57 Å². The van der Waals surface area contributed by atoms with Crippen molar-refractivity contribution < 1.29 is 18.7 Å². The number of benzene rings is 2. The van der Waals surface area contributed by atoms with E-state index in [4.69, 9.17) is 5.73 Å². The Morgan fingerprint density at radius 1 is 1.25 bits per heavy atom. The van der Waals surface area contributed by atoms with Gasteiger partial charge in [0.1, 0.15) is 11.4 Å².